The van der Waals surface area contributed by atoms with Crippen molar-refractivity contribution < 1.29 is 23.8 Å². The van der Waals surface area contributed by atoms with Gasteiger partial charge in [-0.1, -0.05) is 0 Å². The Balaban J connectivity index is 1.98. The zero-order chi connectivity index (χ0) is 16.1. The molecule has 0 radical (unpaired) electrons. The number of likely N-dealkylation sites (N-methyl/N-ethyl adjacent to an activating group) is 1. The molecule has 0 fully saturated rings. The van der Waals surface area contributed by atoms with Crippen LogP contribution >= 0.6 is 0 Å². The minimum Gasteiger partial charge on any atom is -0.490 e. The molecule has 0 saturated carbocycles. The lowest BCUT2D eigenvalue weighted by Crippen LogP contribution is -2.36. The van der Waals surface area contributed by atoms with Crippen LogP contribution in [0.3, 0.4) is 0 Å². The molecule has 6 nitrogen and oxygen atoms in total. The van der Waals surface area contributed by atoms with Crippen LogP contribution in [0.5, 0.6) is 11.5 Å². The highest BCUT2D eigenvalue weighted by Gasteiger charge is 2.18. The van der Waals surface area contributed by atoms with Gasteiger partial charge in [0.1, 0.15) is 0 Å². The van der Waals surface area contributed by atoms with E-state index in [1.54, 1.807) is 25.2 Å². The summed E-state index contributed by atoms with van der Waals surface area (Å²) >= 11 is 0. The standard InChI is InChI=1S/C16H21NO5/c1-11(2)17(3)15(18)10-22-16(19)12-5-6-13-14(9-12)21-8-4-7-20-13/h5-6,9,11H,4,7-8,10H2,1-3H3. The molecule has 120 valence electrons. The molecule has 0 aliphatic carbocycles. The van der Waals surface area contributed by atoms with Crippen LogP contribution in [0.2, 0.25) is 0 Å². The number of esters is 1. The zero-order valence-electron chi connectivity index (χ0n) is 13.1. The Kier molecular flexibility index (Phi) is 5.25. The van der Waals surface area contributed by atoms with Crippen LogP contribution in [0.4, 0.5) is 0 Å². The average molecular weight is 307 g/mol. The predicted octanol–water partition coefficient (Wildman–Crippen LogP) is 1.87. The molecule has 0 N–H and O–H groups in total. The van der Waals surface area contributed by atoms with Gasteiger partial charge in [0, 0.05) is 19.5 Å². The molecule has 0 saturated heterocycles. The van der Waals surface area contributed by atoms with E-state index in [1.807, 2.05) is 13.8 Å². The summed E-state index contributed by atoms with van der Waals surface area (Å²) in [5.74, 6) is 0.348. The maximum absolute atomic E-state index is 12.0. The molecule has 6 heteroatoms. The molecule has 2 rings (SSSR count). The topological polar surface area (TPSA) is 65.1 Å². The van der Waals surface area contributed by atoms with Crippen molar-refractivity contribution in [1.29, 1.82) is 0 Å². The lowest BCUT2D eigenvalue weighted by Gasteiger charge is -2.21. The van der Waals surface area contributed by atoms with Gasteiger partial charge in [0.25, 0.3) is 5.91 Å². The van der Waals surface area contributed by atoms with Gasteiger partial charge in [-0.05, 0) is 32.0 Å². The van der Waals surface area contributed by atoms with E-state index in [1.165, 1.54) is 4.90 Å². The van der Waals surface area contributed by atoms with Crippen LogP contribution in [-0.2, 0) is 9.53 Å². The summed E-state index contributed by atoms with van der Waals surface area (Å²) in [5.41, 5.74) is 0.337. The molecule has 1 aliphatic rings. The fourth-order valence-corrected chi connectivity index (χ4v) is 1.89. The van der Waals surface area contributed by atoms with Crippen LogP contribution in [0, 0.1) is 0 Å². The molecule has 1 amide bonds. The Morgan fingerprint density at radius 3 is 2.59 bits per heavy atom. The number of hydrogen-bond acceptors (Lipinski definition) is 5. The average Bonchev–Trinajstić information content (AvgIpc) is 2.75. The summed E-state index contributed by atoms with van der Waals surface area (Å²) in [4.78, 5) is 25.4. The molecular weight excluding hydrogens is 286 g/mol. The number of amides is 1. The number of hydrogen-bond donors (Lipinski definition) is 0. The predicted molar refractivity (Wildman–Crippen MR) is 80.2 cm³/mol. The monoisotopic (exact) mass is 307 g/mol. The Labute approximate surface area is 129 Å². The second-order valence-corrected chi connectivity index (χ2v) is 5.39. The second kappa shape index (κ2) is 7.15. The van der Waals surface area contributed by atoms with Crippen molar-refractivity contribution in [3.8, 4) is 11.5 Å². The molecule has 1 aliphatic heterocycles. The molecule has 0 spiro atoms. The highest BCUT2D eigenvalue weighted by atomic mass is 16.5. The van der Waals surface area contributed by atoms with E-state index in [0.717, 1.165) is 6.42 Å². The number of carbonyl (C=O) groups is 2. The van der Waals surface area contributed by atoms with E-state index in [2.05, 4.69) is 0 Å². The fourth-order valence-electron chi connectivity index (χ4n) is 1.89. The van der Waals surface area contributed by atoms with Crippen molar-refractivity contribution in [2.45, 2.75) is 26.3 Å². The van der Waals surface area contributed by atoms with Crippen LogP contribution in [-0.4, -0.2) is 49.7 Å². The number of fused-ring (bicyclic) bond motifs is 1. The van der Waals surface area contributed by atoms with Gasteiger partial charge < -0.3 is 19.1 Å². The molecule has 1 aromatic carbocycles. The molecule has 1 aromatic rings. The first kappa shape index (κ1) is 16.1. The Morgan fingerprint density at radius 2 is 1.91 bits per heavy atom. The summed E-state index contributed by atoms with van der Waals surface area (Å²) in [6.07, 6.45) is 0.796. The number of benzene rings is 1. The van der Waals surface area contributed by atoms with Gasteiger partial charge >= 0.3 is 5.97 Å². The van der Waals surface area contributed by atoms with Crippen molar-refractivity contribution in [1.82, 2.24) is 4.90 Å². The van der Waals surface area contributed by atoms with Gasteiger partial charge in [0.2, 0.25) is 0 Å². The van der Waals surface area contributed by atoms with E-state index in [-0.39, 0.29) is 18.6 Å². The second-order valence-electron chi connectivity index (χ2n) is 5.39. The van der Waals surface area contributed by atoms with Crippen LogP contribution < -0.4 is 9.47 Å². The Morgan fingerprint density at radius 1 is 1.23 bits per heavy atom. The molecule has 22 heavy (non-hydrogen) atoms. The SMILES string of the molecule is CC(C)N(C)C(=O)COC(=O)c1ccc2c(c1)OCCCO2. The lowest BCUT2D eigenvalue weighted by atomic mass is 10.2. The molecule has 1 heterocycles. The Bertz CT molecular complexity index is 555. The molecule has 0 unspecified atom stereocenters. The number of carbonyl (C=O) groups excluding carboxylic acids is 2. The first-order valence-corrected chi connectivity index (χ1v) is 7.31. The minimum atomic E-state index is -0.554. The highest BCUT2D eigenvalue weighted by Crippen LogP contribution is 2.30. The molecule has 0 aromatic heterocycles. The third kappa shape index (κ3) is 3.90. The van der Waals surface area contributed by atoms with Gasteiger partial charge in [0.15, 0.2) is 18.1 Å². The third-order valence-electron chi connectivity index (χ3n) is 3.48. The minimum absolute atomic E-state index is 0.0595. The van der Waals surface area contributed by atoms with Crippen molar-refractivity contribution >= 4 is 11.9 Å². The Hall–Kier alpha value is -2.24. The van der Waals surface area contributed by atoms with Gasteiger partial charge in [-0.2, -0.15) is 0 Å². The number of nitrogens with zero attached hydrogens (tertiary/aromatic N) is 1. The molecule has 0 atom stereocenters. The van der Waals surface area contributed by atoms with Crippen molar-refractivity contribution in [2.24, 2.45) is 0 Å². The van der Waals surface area contributed by atoms with E-state index < -0.39 is 5.97 Å². The van der Waals surface area contributed by atoms with Crippen LogP contribution in [0.1, 0.15) is 30.6 Å². The maximum atomic E-state index is 12.0. The number of rotatable bonds is 4. The number of ether oxygens (including phenoxy) is 3. The first-order chi connectivity index (χ1) is 10.5. The summed E-state index contributed by atoms with van der Waals surface area (Å²) in [5, 5.41) is 0. The summed E-state index contributed by atoms with van der Waals surface area (Å²) in [6, 6.07) is 4.93. The van der Waals surface area contributed by atoms with Crippen molar-refractivity contribution in [2.75, 3.05) is 26.9 Å². The van der Waals surface area contributed by atoms with E-state index in [9.17, 15) is 9.59 Å². The fraction of sp³-hybridized carbons (Fsp3) is 0.500. The summed E-state index contributed by atoms with van der Waals surface area (Å²) in [7, 11) is 1.68. The summed E-state index contributed by atoms with van der Waals surface area (Å²) < 4.78 is 16.1. The van der Waals surface area contributed by atoms with E-state index >= 15 is 0 Å². The molecular formula is C16H21NO5. The lowest BCUT2D eigenvalue weighted by molar-refractivity contribution is -0.134. The quantitative estimate of drug-likeness (QED) is 0.795. The van der Waals surface area contributed by atoms with E-state index in [4.69, 9.17) is 14.2 Å². The molecule has 0 bridgehead atoms. The third-order valence-corrected chi connectivity index (χ3v) is 3.48. The van der Waals surface area contributed by atoms with Crippen molar-refractivity contribution in [3.05, 3.63) is 23.8 Å². The first-order valence-electron chi connectivity index (χ1n) is 7.31. The smallest absolute Gasteiger partial charge is 0.338 e. The van der Waals surface area contributed by atoms with Gasteiger partial charge in [-0.15, -0.1) is 0 Å². The highest BCUT2D eigenvalue weighted by molar-refractivity contribution is 5.92. The largest absolute Gasteiger partial charge is 0.490 e. The van der Waals surface area contributed by atoms with Crippen molar-refractivity contribution in [3.63, 3.8) is 0 Å². The van der Waals surface area contributed by atoms with Gasteiger partial charge in [-0.25, -0.2) is 4.79 Å². The maximum Gasteiger partial charge on any atom is 0.338 e. The van der Waals surface area contributed by atoms with Crippen LogP contribution in [0.15, 0.2) is 18.2 Å². The summed E-state index contributed by atoms with van der Waals surface area (Å²) in [6.45, 7) is 4.64. The van der Waals surface area contributed by atoms with Gasteiger partial charge in [0.05, 0.1) is 18.8 Å². The van der Waals surface area contributed by atoms with Crippen LogP contribution in [0.25, 0.3) is 0 Å². The van der Waals surface area contributed by atoms with Gasteiger partial charge in [-0.3, -0.25) is 4.79 Å². The zero-order valence-corrected chi connectivity index (χ0v) is 13.1. The van der Waals surface area contributed by atoms with E-state index in [0.29, 0.717) is 30.3 Å². The normalized spacial score (nSPS) is 13.5.